The van der Waals surface area contributed by atoms with Crippen LogP contribution >= 0.6 is 27.3 Å². The van der Waals surface area contributed by atoms with Crippen molar-refractivity contribution in [3.63, 3.8) is 0 Å². The summed E-state index contributed by atoms with van der Waals surface area (Å²) in [6.45, 7) is 7.42. The van der Waals surface area contributed by atoms with Gasteiger partial charge in [-0.3, -0.25) is 4.90 Å². The first-order valence-corrected chi connectivity index (χ1v) is 9.53. The molecule has 2 rings (SSSR count). The van der Waals surface area contributed by atoms with Gasteiger partial charge in [0.05, 0.1) is 3.79 Å². The average Bonchev–Trinajstić information content (AvgIpc) is 3.00. The van der Waals surface area contributed by atoms with Gasteiger partial charge in [0.15, 0.2) is 0 Å². The smallest absolute Gasteiger partial charge is 0.252 e. The Morgan fingerprint density at radius 1 is 1.42 bits per heavy atom. The lowest BCUT2D eigenvalue weighted by Gasteiger charge is -2.25. The van der Waals surface area contributed by atoms with Crippen molar-refractivity contribution in [1.82, 2.24) is 9.21 Å². The zero-order valence-corrected chi connectivity index (χ0v) is 14.4. The number of hydrogen-bond donors (Lipinski definition) is 0. The minimum Gasteiger partial charge on any atom is -0.300 e. The molecule has 0 aliphatic carbocycles. The normalized spacial score (nSPS) is 21.4. The minimum absolute atomic E-state index is 0.355. The lowest BCUT2D eigenvalue weighted by atomic mass is 10.2. The molecule has 1 saturated heterocycles. The van der Waals surface area contributed by atoms with E-state index in [0.29, 0.717) is 23.3 Å². The standard InChI is InChI=1S/C12H19BrN2O2S2/c1-3-14(4-2)10-7-8-15(9-10)19(16,17)12-6-5-11(13)18-12/h5-6,10H,3-4,7-9H2,1-2H3. The zero-order valence-electron chi connectivity index (χ0n) is 11.2. The van der Waals surface area contributed by atoms with Crippen LogP contribution in [-0.4, -0.2) is 49.8 Å². The molecule has 2 heterocycles. The summed E-state index contributed by atoms with van der Waals surface area (Å²) in [4.78, 5) is 2.33. The van der Waals surface area contributed by atoms with E-state index in [4.69, 9.17) is 0 Å². The molecule has 0 amide bonds. The van der Waals surface area contributed by atoms with Gasteiger partial charge in [-0.05, 0) is 47.6 Å². The summed E-state index contributed by atoms with van der Waals surface area (Å²) >= 11 is 4.59. The quantitative estimate of drug-likeness (QED) is 0.803. The highest BCUT2D eigenvalue weighted by Crippen LogP contribution is 2.30. The number of thiophene rings is 1. The van der Waals surface area contributed by atoms with E-state index in [0.717, 1.165) is 23.3 Å². The molecule has 0 N–H and O–H groups in total. The summed E-state index contributed by atoms with van der Waals surface area (Å²) in [6, 6.07) is 3.82. The van der Waals surface area contributed by atoms with Crippen molar-refractivity contribution in [2.45, 2.75) is 30.5 Å². The maximum Gasteiger partial charge on any atom is 0.252 e. The molecule has 19 heavy (non-hydrogen) atoms. The summed E-state index contributed by atoms with van der Waals surface area (Å²) in [6.07, 6.45) is 0.924. The molecule has 0 saturated carbocycles. The summed E-state index contributed by atoms with van der Waals surface area (Å²) < 4.78 is 27.9. The number of rotatable bonds is 5. The first-order valence-electron chi connectivity index (χ1n) is 6.48. The van der Waals surface area contributed by atoms with Gasteiger partial charge in [-0.25, -0.2) is 8.42 Å². The highest BCUT2D eigenvalue weighted by molar-refractivity contribution is 9.11. The third-order valence-corrected chi connectivity index (χ3v) is 7.55. The Morgan fingerprint density at radius 2 is 2.11 bits per heavy atom. The molecule has 1 atom stereocenters. The lowest BCUT2D eigenvalue weighted by Crippen LogP contribution is -2.38. The first kappa shape index (κ1) is 15.4. The van der Waals surface area contributed by atoms with E-state index in [9.17, 15) is 8.42 Å². The van der Waals surface area contributed by atoms with E-state index < -0.39 is 10.0 Å². The SMILES string of the molecule is CCN(CC)C1CCN(S(=O)(=O)c2ccc(Br)s2)C1. The van der Waals surface area contributed by atoms with E-state index in [-0.39, 0.29) is 0 Å². The number of likely N-dealkylation sites (N-methyl/N-ethyl adjacent to an activating group) is 1. The highest BCUT2D eigenvalue weighted by Gasteiger charge is 2.35. The molecule has 1 aromatic rings. The van der Waals surface area contributed by atoms with Gasteiger partial charge in [-0.15, -0.1) is 11.3 Å². The number of hydrogen-bond acceptors (Lipinski definition) is 4. The second-order valence-electron chi connectivity index (χ2n) is 4.59. The van der Waals surface area contributed by atoms with Crippen molar-refractivity contribution in [3.8, 4) is 0 Å². The van der Waals surface area contributed by atoms with Gasteiger partial charge in [-0.1, -0.05) is 13.8 Å². The van der Waals surface area contributed by atoms with E-state index in [1.807, 2.05) is 0 Å². The fourth-order valence-electron chi connectivity index (χ4n) is 2.53. The summed E-state index contributed by atoms with van der Waals surface area (Å²) in [5, 5.41) is 0. The molecule has 108 valence electrons. The van der Waals surface area contributed by atoms with Crippen molar-refractivity contribution in [3.05, 3.63) is 15.9 Å². The fraction of sp³-hybridized carbons (Fsp3) is 0.667. The number of sulfonamides is 1. The number of halogens is 1. The summed E-state index contributed by atoms with van der Waals surface area (Å²) in [5.41, 5.74) is 0. The Labute approximate surface area is 127 Å². The summed E-state index contributed by atoms with van der Waals surface area (Å²) in [7, 11) is -3.31. The molecule has 0 radical (unpaired) electrons. The van der Waals surface area contributed by atoms with E-state index in [1.54, 1.807) is 16.4 Å². The van der Waals surface area contributed by atoms with Crippen LogP contribution in [-0.2, 0) is 10.0 Å². The van der Waals surface area contributed by atoms with Crippen LogP contribution in [0.25, 0.3) is 0 Å². The monoisotopic (exact) mass is 366 g/mol. The fourth-order valence-corrected chi connectivity index (χ4v) is 6.19. The van der Waals surface area contributed by atoms with Gasteiger partial charge in [0.1, 0.15) is 4.21 Å². The van der Waals surface area contributed by atoms with Gasteiger partial charge in [0.25, 0.3) is 10.0 Å². The van der Waals surface area contributed by atoms with Crippen LogP contribution < -0.4 is 0 Å². The Hall–Kier alpha value is 0.0500. The van der Waals surface area contributed by atoms with Gasteiger partial charge in [-0.2, -0.15) is 4.31 Å². The van der Waals surface area contributed by atoms with Crippen LogP contribution in [0, 0.1) is 0 Å². The van der Waals surface area contributed by atoms with Gasteiger partial charge >= 0.3 is 0 Å². The largest absolute Gasteiger partial charge is 0.300 e. The molecule has 0 bridgehead atoms. The lowest BCUT2D eigenvalue weighted by molar-refractivity contribution is 0.225. The van der Waals surface area contributed by atoms with E-state index in [1.165, 1.54) is 11.3 Å². The maximum absolute atomic E-state index is 12.5. The Bertz CT molecular complexity index is 526. The molecular weight excluding hydrogens is 348 g/mol. The molecule has 1 fully saturated rings. The third kappa shape index (κ3) is 3.21. The van der Waals surface area contributed by atoms with Crippen LogP contribution in [0.2, 0.25) is 0 Å². The molecule has 0 spiro atoms. The van der Waals surface area contributed by atoms with Crippen molar-refractivity contribution in [2.75, 3.05) is 26.2 Å². The molecule has 0 aromatic carbocycles. The average molecular weight is 367 g/mol. The van der Waals surface area contributed by atoms with Crippen LogP contribution in [0.3, 0.4) is 0 Å². The van der Waals surface area contributed by atoms with Crippen LogP contribution in [0.15, 0.2) is 20.1 Å². The van der Waals surface area contributed by atoms with Crippen molar-refractivity contribution >= 4 is 37.3 Å². The third-order valence-electron chi connectivity index (χ3n) is 3.60. The maximum atomic E-state index is 12.5. The van der Waals surface area contributed by atoms with Gasteiger partial charge in [0.2, 0.25) is 0 Å². The molecule has 1 aliphatic heterocycles. The van der Waals surface area contributed by atoms with Crippen molar-refractivity contribution < 1.29 is 8.42 Å². The molecule has 1 aromatic heterocycles. The first-order chi connectivity index (χ1) is 8.98. The molecule has 1 unspecified atom stereocenters. The van der Waals surface area contributed by atoms with Crippen molar-refractivity contribution in [2.24, 2.45) is 0 Å². The second-order valence-corrected chi connectivity index (χ2v) is 9.21. The Kier molecular flexibility index (Phi) is 5.05. The predicted molar refractivity (Wildman–Crippen MR) is 82.1 cm³/mol. The van der Waals surface area contributed by atoms with E-state index >= 15 is 0 Å². The molecular formula is C12H19BrN2O2S2. The zero-order chi connectivity index (χ0) is 14.0. The van der Waals surface area contributed by atoms with Crippen LogP contribution in [0.5, 0.6) is 0 Å². The highest BCUT2D eigenvalue weighted by atomic mass is 79.9. The molecule has 4 nitrogen and oxygen atoms in total. The topological polar surface area (TPSA) is 40.6 Å². The van der Waals surface area contributed by atoms with Crippen molar-refractivity contribution in [1.29, 1.82) is 0 Å². The van der Waals surface area contributed by atoms with Crippen LogP contribution in [0.4, 0.5) is 0 Å². The Morgan fingerprint density at radius 3 is 2.63 bits per heavy atom. The van der Waals surface area contributed by atoms with E-state index in [2.05, 4.69) is 34.7 Å². The van der Waals surface area contributed by atoms with Gasteiger partial charge in [0, 0.05) is 19.1 Å². The van der Waals surface area contributed by atoms with Crippen LogP contribution in [0.1, 0.15) is 20.3 Å². The second kappa shape index (κ2) is 6.22. The Balaban J connectivity index is 2.12. The predicted octanol–water partition coefficient (Wildman–Crippen LogP) is 2.62. The number of nitrogens with zero attached hydrogens (tertiary/aromatic N) is 2. The minimum atomic E-state index is -3.31. The molecule has 7 heteroatoms. The van der Waals surface area contributed by atoms with Gasteiger partial charge < -0.3 is 0 Å². The summed E-state index contributed by atoms with van der Waals surface area (Å²) in [5.74, 6) is 0. The molecule has 1 aliphatic rings.